The molecule has 0 aliphatic carbocycles. The molecule has 0 saturated heterocycles. The van der Waals surface area contributed by atoms with Gasteiger partial charge in [-0.05, 0) is 26.7 Å². The van der Waals surface area contributed by atoms with E-state index in [1.54, 1.807) is 0 Å². The molecule has 0 atom stereocenters. The van der Waals surface area contributed by atoms with Gasteiger partial charge >= 0.3 is 0 Å². The van der Waals surface area contributed by atoms with Gasteiger partial charge in [0.1, 0.15) is 0 Å². The Balaban J connectivity index is 2.53. The van der Waals surface area contributed by atoms with Gasteiger partial charge in [0.25, 0.3) is 0 Å². The van der Waals surface area contributed by atoms with E-state index in [4.69, 9.17) is 0 Å². The van der Waals surface area contributed by atoms with Crippen LogP contribution in [0.2, 0.25) is 0 Å². The predicted molar refractivity (Wildman–Crippen MR) is 63.7 cm³/mol. The molecule has 3 heteroatoms. The lowest BCUT2D eigenvalue weighted by molar-refractivity contribution is 0.368. The molecule has 1 aromatic heterocycles. The molecular formula is C12H23N3. The summed E-state index contributed by atoms with van der Waals surface area (Å²) in [6, 6.07) is 0. The molecule has 1 rings (SSSR count). The maximum atomic E-state index is 4.19. The molecular weight excluding hydrogens is 186 g/mol. The van der Waals surface area contributed by atoms with E-state index in [9.17, 15) is 0 Å². The van der Waals surface area contributed by atoms with E-state index in [-0.39, 0.29) is 5.54 Å². The Morgan fingerprint density at radius 3 is 2.73 bits per heavy atom. The lowest BCUT2D eigenvalue weighted by Crippen LogP contribution is -2.38. The third-order valence-electron chi connectivity index (χ3n) is 2.89. The molecule has 0 spiro atoms. The van der Waals surface area contributed by atoms with Crippen LogP contribution in [0.5, 0.6) is 0 Å². The smallest absolute Gasteiger partial charge is 0.0948 e. The number of rotatable bonds is 6. The van der Waals surface area contributed by atoms with E-state index in [2.05, 4.69) is 42.6 Å². The first-order valence-electron chi connectivity index (χ1n) is 5.83. The summed E-state index contributed by atoms with van der Waals surface area (Å²) in [7, 11) is 0. The van der Waals surface area contributed by atoms with Gasteiger partial charge in [0.2, 0.25) is 0 Å². The van der Waals surface area contributed by atoms with E-state index in [0.717, 1.165) is 25.9 Å². The minimum Gasteiger partial charge on any atom is -0.333 e. The summed E-state index contributed by atoms with van der Waals surface area (Å²) in [4.78, 5) is 4.19. The summed E-state index contributed by atoms with van der Waals surface area (Å²) in [6.07, 6.45) is 6.16. The van der Waals surface area contributed by atoms with Crippen molar-refractivity contribution in [3.8, 4) is 0 Å². The summed E-state index contributed by atoms with van der Waals surface area (Å²) in [5.74, 6) is 0. The van der Waals surface area contributed by atoms with E-state index in [1.807, 2.05) is 12.5 Å². The average Bonchev–Trinajstić information content (AvgIpc) is 2.64. The maximum Gasteiger partial charge on any atom is 0.0948 e. The number of nitrogens with one attached hydrogen (secondary N) is 1. The zero-order valence-electron chi connectivity index (χ0n) is 10.4. The topological polar surface area (TPSA) is 29.9 Å². The molecule has 86 valence electrons. The van der Waals surface area contributed by atoms with Crippen molar-refractivity contribution in [1.82, 2.24) is 14.9 Å². The minimum absolute atomic E-state index is 0.210. The van der Waals surface area contributed by atoms with Crippen LogP contribution in [0.4, 0.5) is 0 Å². The van der Waals surface area contributed by atoms with Gasteiger partial charge in [-0.3, -0.25) is 0 Å². The van der Waals surface area contributed by atoms with Crippen molar-refractivity contribution in [2.45, 2.75) is 59.2 Å². The number of imidazole rings is 1. The van der Waals surface area contributed by atoms with Crippen molar-refractivity contribution in [2.24, 2.45) is 0 Å². The highest BCUT2D eigenvalue weighted by molar-refractivity contribution is 4.99. The Hall–Kier alpha value is -0.830. The van der Waals surface area contributed by atoms with E-state index >= 15 is 0 Å². The Morgan fingerprint density at radius 2 is 2.13 bits per heavy atom. The minimum atomic E-state index is 0.210. The highest BCUT2D eigenvalue weighted by atomic mass is 15.1. The van der Waals surface area contributed by atoms with Crippen molar-refractivity contribution in [2.75, 3.05) is 0 Å². The molecule has 0 unspecified atom stereocenters. The summed E-state index contributed by atoms with van der Waals surface area (Å²) in [6.45, 7) is 10.8. The van der Waals surface area contributed by atoms with Crippen molar-refractivity contribution in [3.05, 3.63) is 18.2 Å². The van der Waals surface area contributed by atoms with Crippen LogP contribution in [0.1, 0.15) is 46.2 Å². The van der Waals surface area contributed by atoms with Crippen molar-refractivity contribution in [1.29, 1.82) is 0 Å². The molecule has 0 amide bonds. The van der Waals surface area contributed by atoms with Crippen LogP contribution in [0.25, 0.3) is 0 Å². The molecule has 1 aromatic rings. The molecule has 0 radical (unpaired) electrons. The first-order valence-corrected chi connectivity index (χ1v) is 5.83. The number of hydrogen-bond donors (Lipinski definition) is 1. The normalized spacial score (nSPS) is 12.0. The molecule has 0 aliphatic rings. The molecule has 0 saturated carbocycles. The first-order chi connectivity index (χ1) is 7.09. The summed E-state index contributed by atoms with van der Waals surface area (Å²) < 4.78 is 2.22. The third-order valence-corrected chi connectivity index (χ3v) is 2.89. The zero-order valence-corrected chi connectivity index (χ0v) is 10.4. The van der Waals surface area contributed by atoms with E-state index < -0.39 is 0 Å². The van der Waals surface area contributed by atoms with Crippen LogP contribution in [-0.2, 0) is 13.1 Å². The Morgan fingerprint density at radius 1 is 1.40 bits per heavy atom. The summed E-state index contributed by atoms with van der Waals surface area (Å²) >= 11 is 0. The molecule has 0 aliphatic heterocycles. The second-order valence-electron chi connectivity index (χ2n) is 4.67. The number of aromatic nitrogens is 2. The highest BCUT2D eigenvalue weighted by Crippen LogP contribution is 2.09. The van der Waals surface area contributed by atoms with Gasteiger partial charge in [-0.1, -0.05) is 13.8 Å². The van der Waals surface area contributed by atoms with Gasteiger partial charge in [0, 0.05) is 24.8 Å². The maximum absolute atomic E-state index is 4.19. The molecule has 0 aromatic carbocycles. The number of nitrogens with zero attached hydrogens (tertiary/aromatic N) is 2. The molecule has 15 heavy (non-hydrogen) atoms. The molecule has 3 nitrogen and oxygen atoms in total. The zero-order chi connectivity index (χ0) is 11.3. The average molecular weight is 209 g/mol. The second-order valence-corrected chi connectivity index (χ2v) is 4.67. The standard InChI is InChI=1S/C12H23N3/c1-5-7-15-10-13-8-11(15)9-14-12(3,4)6-2/h8,10,14H,5-7,9H2,1-4H3. The number of hydrogen-bond acceptors (Lipinski definition) is 2. The van der Waals surface area contributed by atoms with Crippen LogP contribution in [-0.4, -0.2) is 15.1 Å². The number of aryl methyl sites for hydroxylation is 1. The van der Waals surface area contributed by atoms with Crippen molar-refractivity contribution >= 4 is 0 Å². The van der Waals surface area contributed by atoms with Gasteiger partial charge in [0.05, 0.1) is 12.0 Å². The Kier molecular flexibility index (Phi) is 4.33. The van der Waals surface area contributed by atoms with E-state index in [0.29, 0.717) is 0 Å². The van der Waals surface area contributed by atoms with Crippen LogP contribution in [0.3, 0.4) is 0 Å². The fourth-order valence-corrected chi connectivity index (χ4v) is 1.39. The van der Waals surface area contributed by atoms with Gasteiger partial charge in [-0.25, -0.2) is 4.98 Å². The molecule has 0 bridgehead atoms. The van der Waals surface area contributed by atoms with Crippen LogP contribution in [0, 0.1) is 0 Å². The van der Waals surface area contributed by atoms with Crippen LogP contribution >= 0.6 is 0 Å². The largest absolute Gasteiger partial charge is 0.333 e. The quantitative estimate of drug-likeness (QED) is 0.780. The van der Waals surface area contributed by atoms with Crippen LogP contribution < -0.4 is 5.32 Å². The van der Waals surface area contributed by atoms with E-state index in [1.165, 1.54) is 5.69 Å². The van der Waals surface area contributed by atoms with Crippen LogP contribution in [0.15, 0.2) is 12.5 Å². The Bertz CT molecular complexity index is 289. The monoisotopic (exact) mass is 209 g/mol. The molecule has 0 fully saturated rings. The summed E-state index contributed by atoms with van der Waals surface area (Å²) in [5.41, 5.74) is 1.49. The lowest BCUT2D eigenvalue weighted by Gasteiger charge is -2.24. The van der Waals surface area contributed by atoms with Gasteiger partial charge in [-0.15, -0.1) is 0 Å². The molecule has 1 heterocycles. The predicted octanol–water partition coefficient (Wildman–Crippen LogP) is 2.57. The van der Waals surface area contributed by atoms with Gasteiger partial charge < -0.3 is 9.88 Å². The van der Waals surface area contributed by atoms with Gasteiger partial charge in [-0.2, -0.15) is 0 Å². The van der Waals surface area contributed by atoms with Crippen molar-refractivity contribution < 1.29 is 0 Å². The SMILES string of the molecule is CCCn1cncc1CNC(C)(C)CC. The molecule has 1 N–H and O–H groups in total. The fourth-order valence-electron chi connectivity index (χ4n) is 1.39. The first kappa shape index (κ1) is 12.2. The lowest BCUT2D eigenvalue weighted by atomic mass is 10.0. The van der Waals surface area contributed by atoms with Gasteiger partial charge in [0.15, 0.2) is 0 Å². The highest BCUT2D eigenvalue weighted by Gasteiger charge is 2.14. The fraction of sp³-hybridized carbons (Fsp3) is 0.750. The Labute approximate surface area is 92.9 Å². The third kappa shape index (κ3) is 3.67. The second kappa shape index (κ2) is 5.31. The van der Waals surface area contributed by atoms with Crippen molar-refractivity contribution in [3.63, 3.8) is 0 Å². The summed E-state index contributed by atoms with van der Waals surface area (Å²) in [5, 5.41) is 3.55.